The van der Waals surface area contributed by atoms with Crippen molar-refractivity contribution in [3.63, 3.8) is 0 Å². The van der Waals surface area contributed by atoms with E-state index in [1.54, 1.807) is 6.92 Å². The number of nitrogens with one attached hydrogen (secondary N) is 2. The molecule has 1 saturated carbocycles. The van der Waals surface area contributed by atoms with Gasteiger partial charge in [-0.1, -0.05) is 0 Å². The van der Waals surface area contributed by atoms with Crippen molar-refractivity contribution in [1.82, 2.24) is 15.3 Å². The molecule has 86 valence electrons. The van der Waals surface area contributed by atoms with Crippen molar-refractivity contribution in [2.24, 2.45) is 0 Å². The molecule has 0 atom stereocenters. The Labute approximate surface area is 93.3 Å². The van der Waals surface area contributed by atoms with Crippen LogP contribution in [0.2, 0.25) is 0 Å². The van der Waals surface area contributed by atoms with Gasteiger partial charge in [-0.3, -0.25) is 9.59 Å². The van der Waals surface area contributed by atoms with E-state index in [9.17, 15) is 9.59 Å². The minimum atomic E-state index is -0.351. The number of H-pyrrole nitrogens is 1. The first-order valence-electron chi connectivity index (χ1n) is 5.52. The summed E-state index contributed by atoms with van der Waals surface area (Å²) in [7, 11) is 0. The fraction of sp³-hybridized carbons (Fsp3) is 0.545. The fourth-order valence-corrected chi connectivity index (χ4v) is 1.67. The standard InChI is InChI=1S/C11H15N3O2/c1-3-12-10(15)8-6(2)13-9(7-4-5-7)14-11(8)16/h7H,3-5H2,1-2H3,(H,12,15)(H,13,14,16). The van der Waals surface area contributed by atoms with Crippen LogP contribution in [0.5, 0.6) is 0 Å². The molecule has 0 radical (unpaired) electrons. The van der Waals surface area contributed by atoms with E-state index in [0.29, 0.717) is 18.2 Å². The smallest absolute Gasteiger partial charge is 0.264 e. The molecule has 2 N–H and O–H groups in total. The van der Waals surface area contributed by atoms with Crippen molar-refractivity contribution in [2.75, 3.05) is 6.54 Å². The van der Waals surface area contributed by atoms with Crippen LogP contribution in [0.25, 0.3) is 0 Å². The second kappa shape index (κ2) is 4.08. The number of aromatic amines is 1. The van der Waals surface area contributed by atoms with Gasteiger partial charge in [0.2, 0.25) is 0 Å². The van der Waals surface area contributed by atoms with E-state index in [-0.39, 0.29) is 17.0 Å². The summed E-state index contributed by atoms with van der Waals surface area (Å²) in [5.41, 5.74) is 0.309. The largest absolute Gasteiger partial charge is 0.352 e. The van der Waals surface area contributed by atoms with Crippen LogP contribution in [0.1, 0.15) is 47.6 Å². The second-order valence-corrected chi connectivity index (χ2v) is 4.05. The van der Waals surface area contributed by atoms with Gasteiger partial charge in [-0.2, -0.15) is 0 Å². The average Bonchev–Trinajstić information content (AvgIpc) is 2.99. The fourth-order valence-electron chi connectivity index (χ4n) is 1.67. The van der Waals surface area contributed by atoms with E-state index >= 15 is 0 Å². The molecule has 5 heteroatoms. The maximum absolute atomic E-state index is 11.8. The molecule has 1 aliphatic carbocycles. The molecule has 16 heavy (non-hydrogen) atoms. The Morgan fingerprint density at radius 2 is 2.25 bits per heavy atom. The molecule has 1 aliphatic rings. The minimum Gasteiger partial charge on any atom is -0.352 e. The van der Waals surface area contributed by atoms with E-state index in [1.807, 2.05) is 6.92 Å². The molecule has 0 saturated heterocycles. The third kappa shape index (κ3) is 1.98. The van der Waals surface area contributed by atoms with Crippen molar-refractivity contribution in [3.05, 3.63) is 27.4 Å². The lowest BCUT2D eigenvalue weighted by molar-refractivity contribution is 0.0953. The molecule has 1 amide bonds. The van der Waals surface area contributed by atoms with Crippen molar-refractivity contribution in [2.45, 2.75) is 32.6 Å². The quantitative estimate of drug-likeness (QED) is 0.789. The van der Waals surface area contributed by atoms with Crippen LogP contribution in [0.4, 0.5) is 0 Å². The summed E-state index contributed by atoms with van der Waals surface area (Å²) in [4.78, 5) is 30.3. The summed E-state index contributed by atoms with van der Waals surface area (Å²) in [5, 5.41) is 2.61. The average molecular weight is 221 g/mol. The summed E-state index contributed by atoms with van der Waals surface area (Å²) in [6, 6.07) is 0. The first kappa shape index (κ1) is 10.9. The van der Waals surface area contributed by atoms with Gasteiger partial charge in [0.15, 0.2) is 0 Å². The molecule has 0 bridgehead atoms. The Morgan fingerprint density at radius 3 is 2.75 bits per heavy atom. The van der Waals surface area contributed by atoms with Gasteiger partial charge in [0.25, 0.3) is 11.5 Å². The summed E-state index contributed by atoms with van der Waals surface area (Å²) < 4.78 is 0. The highest BCUT2D eigenvalue weighted by Gasteiger charge is 2.27. The van der Waals surface area contributed by atoms with Gasteiger partial charge in [0.1, 0.15) is 11.4 Å². The number of nitrogens with zero attached hydrogens (tertiary/aromatic N) is 1. The Morgan fingerprint density at radius 1 is 1.56 bits per heavy atom. The summed E-state index contributed by atoms with van der Waals surface area (Å²) >= 11 is 0. The Kier molecular flexibility index (Phi) is 2.77. The molecular weight excluding hydrogens is 206 g/mol. The van der Waals surface area contributed by atoms with Gasteiger partial charge in [0.05, 0.1) is 5.69 Å². The molecule has 1 aromatic rings. The highest BCUT2D eigenvalue weighted by molar-refractivity contribution is 5.94. The number of hydrogen-bond acceptors (Lipinski definition) is 3. The summed E-state index contributed by atoms with van der Waals surface area (Å²) in [6.45, 7) is 4.02. The van der Waals surface area contributed by atoms with Crippen molar-refractivity contribution < 1.29 is 4.79 Å². The van der Waals surface area contributed by atoms with Gasteiger partial charge in [-0.25, -0.2) is 4.98 Å². The Balaban J connectivity index is 2.38. The zero-order chi connectivity index (χ0) is 11.7. The lowest BCUT2D eigenvalue weighted by atomic mass is 10.2. The van der Waals surface area contributed by atoms with E-state index < -0.39 is 0 Å². The zero-order valence-corrected chi connectivity index (χ0v) is 9.46. The zero-order valence-electron chi connectivity index (χ0n) is 9.46. The van der Waals surface area contributed by atoms with Gasteiger partial charge in [-0.15, -0.1) is 0 Å². The lowest BCUT2D eigenvalue weighted by Crippen LogP contribution is -2.31. The SMILES string of the molecule is CCNC(=O)c1c(C)nc(C2CC2)[nH]c1=O. The maximum atomic E-state index is 11.8. The molecule has 5 nitrogen and oxygen atoms in total. The molecule has 1 heterocycles. The number of hydrogen-bond donors (Lipinski definition) is 2. The molecule has 1 aromatic heterocycles. The summed E-state index contributed by atoms with van der Waals surface area (Å²) in [5.74, 6) is 0.751. The monoisotopic (exact) mass is 221 g/mol. The van der Waals surface area contributed by atoms with Gasteiger partial charge < -0.3 is 10.3 Å². The third-order valence-corrected chi connectivity index (χ3v) is 2.65. The molecule has 0 unspecified atom stereocenters. The van der Waals surface area contributed by atoms with Crippen LogP contribution in [-0.4, -0.2) is 22.4 Å². The predicted octanol–water partition coefficient (Wildman–Crippen LogP) is 0.705. The van der Waals surface area contributed by atoms with E-state index in [1.165, 1.54) is 0 Å². The van der Waals surface area contributed by atoms with Crippen LogP contribution in [-0.2, 0) is 0 Å². The normalized spacial score (nSPS) is 14.9. The highest BCUT2D eigenvalue weighted by Crippen LogP contribution is 2.37. The Hall–Kier alpha value is -1.65. The first-order valence-corrected chi connectivity index (χ1v) is 5.52. The number of aryl methyl sites for hydroxylation is 1. The molecular formula is C11H15N3O2. The van der Waals surface area contributed by atoms with Crippen molar-refractivity contribution in [1.29, 1.82) is 0 Å². The van der Waals surface area contributed by atoms with Crippen LogP contribution < -0.4 is 10.9 Å². The number of carbonyl (C=O) groups excluding carboxylic acids is 1. The molecule has 0 spiro atoms. The molecule has 2 rings (SSSR count). The van der Waals surface area contributed by atoms with E-state index in [0.717, 1.165) is 18.7 Å². The third-order valence-electron chi connectivity index (χ3n) is 2.65. The van der Waals surface area contributed by atoms with E-state index in [4.69, 9.17) is 0 Å². The topological polar surface area (TPSA) is 74.8 Å². The number of aromatic nitrogens is 2. The summed E-state index contributed by atoms with van der Waals surface area (Å²) in [6.07, 6.45) is 2.14. The van der Waals surface area contributed by atoms with Gasteiger partial charge >= 0.3 is 0 Å². The van der Waals surface area contributed by atoms with Crippen molar-refractivity contribution in [3.8, 4) is 0 Å². The van der Waals surface area contributed by atoms with Crippen LogP contribution in [0.3, 0.4) is 0 Å². The van der Waals surface area contributed by atoms with E-state index in [2.05, 4.69) is 15.3 Å². The van der Waals surface area contributed by atoms with Crippen LogP contribution in [0.15, 0.2) is 4.79 Å². The first-order chi connectivity index (χ1) is 7.63. The molecule has 0 aromatic carbocycles. The highest BCUT2D eigenvalue weighted by atomic mass is 16.2. The Bertz CT molecular complexity index is 475. The lowest BCUT2D eigenvalue weighted by Gasteiger charge is -2.06. The minimum absolute atomic E-state index is 0.131. The van der Waals surface area contributed by atoms with Gasteiger partial charge in [0, 0.05) is 12.5 Å². The van der Waals surface area contributed by atoms with Gasteiger partial charge in [-0.05, 0) is 26.7 Å². The molecule has 0 aliphatic heterocycles. The maximum Gasteiger partial charge on any atom is 0.264 e. The molecule has 1 fully saturated rings. The number of rotatable bonds is 3. The number of carbonyl (C=O) groups is 1. The second-order valence-electron chi connectivity index (χ2n) is 4.05. The van der Waals surface area contributed by atoms with Crippen LogP contribution in [0, 0.1) is 6.92 Å². The number of amides is 1. The predicted molar refractivity (Wildman–Crippen MR) is 59.6 cm³/mol. The van der Waals surface area contributed by atoms with Crippen molar-refractivity contribution >= 4 is 5.91 Å². The van der Waals surface area contributed by atoms with Crippen LogP contribution >= 0.6 is 0 Å².